The quantitative estimate of drug-likeness (QED) is 0.755. The van der Waals surface area contributed by atoms with Crippen LogP contribution in [0.2, 0.25) is 0 Å². The van der Waals surface area contributed by atoms with Crippen LogP contribution in [0.5, 0.6) is 5.75 Å². The SMILES string of the molecule is O=C(c1cc(C#Cc2cccc(O)c2)cc(C(F)(F)F)c1)N1CCNCC1. The number of benzene rings is 2. The Bertz CT molecular complexity index is 907. The molecule has 2 aromatic rings. The first-order chi connectivity index (χ1) is 12.8. The van der Waals surface area contributed by atoms with Crippen molar-refractivity contribution in [3.63, 3.8) is 0 Å². The van der Waals surface area contributed by atoms with E-state index < -0.39 is 17.6 Å². The summed E-state index contributed by atoms with van der Waals surface area (Å²) in [5.41, 5.74) is -0.398. The Hall–Kier alpha value is -2.98. The lowest BCUT2D eigenvalue weighted by atomic mass is 10.0. The summed E-state index contributed by atoms with van der Waals surface area (Å²) in [6, 6.07) is 9.26. The topological polar surface area (TPSA) is 52.6 Å². The maximum absolute atomic E-state index is 13.3. The van der Waals surface area contributed by atoms with Gasteiger partial charge in [-0.25, -0.2) is 0 Å². The van der Waals surface area contributed by atoms with Gasteiger partial charge in [0.15, 0.2) is 0 Å². The Morgan fingerprint density at radius 2 is 1.74 bits per heavy atom. The molecule has 1 aliphatic heterocycles. The number of alkyl halides is 3. The molecule has 27 heavy (non-hydrogen) atoms. The van der Waals surface area contributed by atoms with E-state index in [0.29, 0.717) is 31.7 Å². The van der Waals surface area contributed by atoms with E-state index in [9.17, 15) is 23.1 Å². The molecule has 7 heteroatoms. The maximum atomic E-state index is 13.3. The molecule has 1 fully saturated rings. The molecular formula is C20H17F3N2O2. The first-order valence-electron chi connectivity index (χ1n) is 8.36. The molecule has 1 amide bonds. The Balaban J connectivity index is 1.97. The number of piperazine rings is 1. The van der Waals surface area contributed by atoms with Gasteiger partial charge in [-0.1, -0.05) is 17.9 Å². The first-order valence-corrected chi connectivity index (χ1v) is 8.36. The van der Waals surface area contributed by atoms with E-state index in [1.165, 1.54) is 23.1 Å². The van der Waals surface area contributed by atoms with E-state index in [-0.39, 0.29) is 16.9 Å². The zero-order valence-electron chi connectivity index (χ0n) is 14.3. The third-order valence-corrected chi connectivity index (χ3v) is 4.11. The highest BCUT2D eigenvalue weighted by molar-refractivity contribution is 5.95. The number of carbonyl (C=O) groups is 1. The van der Waals surface area contributed by atoms with Crippen molar-refractivity contribution in [1.82, 2.24) is 10.2 Å². The molecule has 1 saturated heterocycles. The first kappa shape index (κ1) is 18.8. The summed E-state index contributed by atoms with van der Waals surface area (Å²) in [5, 5.41) is 12.5. The van der Waals surface area contributed by atoms with Crippen molar-refractivity contribution < 1.29 is 23.1 Å². The number of phenols is 1. The lowest BCUT2D eigenvalue weighted by Gasteiger charge is -2.27. The van der Waals surface area contributed by atoms with Crippen molar-refractivity contribution in [2.45, 2.75) is 6.18 Å². The predicted molar refractivity (Wildman–Crippen MR) is 94.3 cm³/mol. The number of halogens is 3. The Kier molecular flexibility index (Phi) is 5.38. The molecule has 1 aliphatic rings. The number of phenolic OH excluding ortho intramolecular Hbond substituents is 1. The zero-order chi connectivity index (χ0) is 19.4. The molecule has 0 spiro atoms. The lowest BCUT2D eigenvalue weighted by molar-refractivity contribution is -0.137. The Morgan fingerprint density at radius 3 is 2.41 bits per heavy atom. The van der Waals surface area contributed by atoms with Crippen LogP contribution in [0.4, 0.5) is 13.2 Å². The van der Waals surface area contributed by atoms with E-state index in [4.69, 9.17) is 0 Å². The fraction of sp³-hybridized carbons (Fsp3) is 0.250. The third-order valence-electron chi connectivity index (χ3n) is 4.11. The molecule has 0 unspecified atom stereocenters. The van der Waals surface area contributed by atoms with Crippen LogP contribution in [0.1, 0.15) is 27.0 Å². The molecule has 0 aromatic heterocycles. The van der Waals surface area contributed by atoms with Gasteiger partial charge in [0.2, 0.25) is 0 Å². The van der Waals surface area contributed by atoms with Crippen LogP contribution in [0.25, 0.3) is 0 Å². The number of aromatic hydroxyl groups is 1. The molecule has 3 rings (SSSR count). The minimum atomic E-state index is -4.58. The summed E-state index contributed by atoms with van der Waals surface area (Å²) < 4.78 is 39.8. The van der Waals surface area contributed by atoms with E-state index in [0.717, 1.165) is 12.1 Å². The highest BCUT2D eigenvalue weighted by atomic mass is 19.4. The number of hydrogen-bond donors (Lipinski definition) is 2. The number of rotatable bonds is 1. The smallest absolute Gasteiger partial charge is 0.416 e. The average Bonchev–Trinajstić information content (AvgIpc) is 2.65. The Morgan fingerprint density at radius 1 is 1.04 bits per heavy atom. The van der Waals surface area contributed by atoms with Crippen LogP contribution in [0.15, 0.2) is 42.5 Å². The standard InChI is InChI=1S/C20H17F3N2O2/c21-20(22,23)17-11-15(5-4-14-2-1-3-18(26)12-14)10-16(13-17)19(27)25-8-6-24-7-9-25/h1-3,10-13,24,26H,6-9H2. The number of nitrogens with zero attached hydrogens (tertiary/aromatic N) is 1. The molecule has 0 aliphatic carbocycles. The molecular weight excluding hydrogens is 357 g/mol. The fourth-order valence-corrected chi connectivity index (χ4v) is 2.77. The van der Waals surface area contributed by atoms with Crippen LogP contribution in [0.3, 0.4) is 0 Å². The summed E-state index contributed by atoms with van der Waals surface area (Å²) >= 11 is 0. The third kappa shape index (κ3) is 4.80. The molecule has 2 N–H and O–H groups in total. The molecule has 0 atom stereocenters. The minimum Gasteiger partial charge on any atom is -0.508 e. The van der Waals surface area contributed by atoms with Gasteiger partial charge in [0, 0.05) is 42.9 Å². The molecule has 0 radical (unpaired) electrons. The van der Waals surface area contributed by atoms with Gasteiger partial charge in [0.05, 0.1) is 5.56 Å². The largest absolute Gasteiger partial charge is 0.508 e. The highest BCUT2D eigenvalue weighted by Crippen LogP contribution is 2.31. The predicted octanol–water partition coefficient (Wildman–Crippen LogP) is 2.86. The number of hydrogen-bond acceptors (Lipinski definition) is 3. The van der Waals surface area contributed by atoms with Crippen molar-refractivity contribution in [2.75, 3.05) is 26.2 Å². The number of amides is 1. The molecule has 1 heterocycles. The van der Waals surface area contributed by atoms with Gasteiger partial charge >= 0.3 is 6.18 Å². The summed E-state index contributed by atoms with van der Waals surface area (Å²) in [7, 11) is 0. The van der Waals surface area contributed by atoms with Gasteiger partial charge in [-0.2, -0.15) is 13.2 Å². The van der Waals surface area contributed by atoms with E-state index >= 15 is 0 Å². The van der Waals surface area contributed by atoms with Crippen LogP contribution in [0, 0.1) is 11.8 Å². The molecule has 0 bridgehead atoms. The summed E-state index contributed by atoms with van der Waals surface area (Å²) in [4.78, 5) is 14.1. The van der Waals surface area contributed by atoms with Crippen molar-refractivity contribution in [3.05, 3.63) is 64.7 Å². The monoisotopic (exact) mass is 374 g/mol. The number of carbonyl (C=O) groups excluding carboxylic acids is 1. The second-order valence-electron chi connectivity index (χ2n) is 6.14. The van der Waals surface area contributed by atoms with Gasteiger partial charge in [0.1, 0.15) is 5.75 Å². The van der Waals surface area contributed by atoms with Gasteiger partial charge in [0.25, 0.3) is 5.91 Å². The summed E-state index contributed by atoms with van der Waals surface area (Å²) in [5.74, 6) is 4.94. The van der Waals surface area contributed by atoms with Crippen molar-refractivity contribution in [1.29, 1.82) is 0 Å². The van der Waals surface area contributed by atoms with Crippen molar-refractivity contribution in [2.24, 2.45) is 0 Å². The van der Waals surface area contributed by atoms with E-state index in [2.05, 4.69) is 17.2 Å². The normalized spacial score (nSPS) is 14.4. The maximum Gasteiger partial charge on any atom is 0.416 e. The van der Waals surface area contributed by atoms with Gasteiger partial charge in [-0.05, 0) is 36.4 Å². The molecule has 140 valence electrons. The zero-order valence-corrected chi connectivity index (χ0v) is 14.3. The summed E-state index contributed by atoms with van der Waals surface area (Å²) in [6.45, 7) is 2.10. The Labute approximate surface area is 154 Å². The highest BCUT2D eigenvalue weighted by Gasteiger charge is 2.32. The molecule has 2 aromatic carbocycles. The second-order valence-corrected chi connectivity index (χ2v) is 6.14. The van der Waals surface area contributed by atoms with Crippen LogP contribution in [-0.2, 0) is 6.18 Å². The van der Waals surface area contributed by atoms with Crippen LogP contribution in [-0.4, -0.2) is 42.1 Å². The van der Waals surface area contributed by atoms with Gasteiger partial charge < -0.3 is 15.3 Å². The van der Waals surface area contributed by atoms with Gasteiger partial charge in [-0.15, -0.1) is 0 Å². The van der Waals surface area contributed by atoms with Gasteiger partial charge in [-0.3, -0.25) is 4.79 Å². The van der Waals surface area contributed by atoms with Crippen molar-refractivity contribution in [3.8, 4) is 17.6 Å². The van der Waals surface area contributed by atoms with Crippen LogP contribution >= 0.6 is 0 Å². The van der Waals surface area contributed by atoms with E-state index in [1.54, 1.807) is 12.1 Å². The van der Waals surface area contributed by atoms with Crippen molar-refractivity contribution >= 4 is 5.91 Å². The summed E-state index contributed by atoms with van der Waals surface area (Å²) in [6.07, 6.45) is -4.58. The van der Waals surface area contributed by atoms with E-state index in [1.807, 2.05) is 0 Å². The molecule has 0 saturated carbocycles. The average molecular weight is 374 g/mol. The number of nitrogens with one attached hydrogen (secondary N) is 1. The lowest BCUT2D eigenvalue weighted by Crippen LogP contribution is -2.46. The van der Waals surface area contributed by atoms with Crippen LogP contribution < -0.4 is 5.32 Å². The fourth-order valence-electron chi connectivity index (χ4n) is 2.77. The minimum absolute atomic E-state index is 0.0143. The second kappa shape index (κ2) is 7.72. The molecule has 4 nitrogen and oxygen atoms in total.